The van der Waals surface area contributed by atoms with Gasteiger partial charge in [0.25, 0.3) is 0 Å². The lowest BCUT2D eigenvalue weighted by molar-refractivity contribution is 0.673. The minimum Gasteiger partial charge on any atom is -0.455 e. The number of thiophene rings is 1. The Morgan fingerprint density at radius 3 is 1.89 bits per heavy atom. The van der Waals surface area contributed by atoms with Crippen molar-refractivity contribution < 1.29 is 4.42 Å². The average molecular weight is 744 g/mol. The minimum absolute atomic E-state index is 0.888. The number of nitrogens with zero attached hydrogens (tertiary/aromatic N) is 1. The second kappa shape index (κ2) is 12.7. The van der Waals surface area contributed by atoms with Gasteiger partial charge in [-0.05, 0) is 104 Å². The molecule has 0 amide bonds. The molecule has 0 bridgehead atoms. The van der Waals surface area contributed by atoms with E-state index in [1.165, 1.54) is 58.2 Å². The Kier molecular flexibility index (Phi) is 7.13. The summed E-state index contributed by atoms with van der Waals surface area (Å²) in [5, 5.41) is 12.2. The third-order valence-corrected chi connectivity index (χ3v) is 12.8. The average Bonchev–Trinajstić information content (AvgIpc) is 3.85. The standard InChI is InChI=1S/C54H33NOS/c1-3-12-41-35(10-1)20-21-38-32-37(25-29-42(38)41)34-22-26-39(27-23-34)55(40-28-31-52-48(33-40)45-15-6-8-19-51(45)57-52)49-17-7-5-14-44(49)46-16-9-18-50-53(46)47-30-24-36-11-2-4-13-43(36)54(47)56-50/h1-33H. The van der Waals surface area contributed by atoms with E-state index in [0.29, 0.717) is 0 Å². The number of benzene rings is 10. The first-order chi connectivity index (χ1) is 28.2. The SMILES string of the molecule is c1ccc(N(c2ccc(-c3ccc4c(ccc5ccccc54)c3)cc2)c2ccc3sc4ccccc4c3c2)c(-c2cccc3oc4c5ccccc5ccc4c23)c1. The summed E-state index contributed by atoms with van der Waals surface area (Å²) in [6.07, 6.45) is 0. The van der Waals surface area contributed by atoms with E-state index in [4.69, 9.17) is 4.42 Å². The molecule has 2 nitrogen and oxygen atoms in total. The highest BCUT2D eigenvalue weighted by molar-refractivity contribution is 7.25. The molecule has 10 aromatic carbocycles. The quantitative estimate of drug-likeness (QED) is 0.163. The molecule has 266 valence electrons. The Hall–Kier alpha value is -7.20. The number of hydrogen-bond donors (Lipinski definition) is 0. The molecule has 2 aromatic heterocycles. The molecule has 0 N–H and O–H groups in total. The summed E-state index contributed by atoms with van der Waals surface area (Å²) in [6, 6.07) is 72.8. The molecule has 3 heteroatoms. The first-order valence-corrected chi connectivity index (χ1v) is 20.2. The highest BCUT2D eigenvalue weighted by Gasteiger charge is 2.22. The molecule has 2 heterocycles. The van der Waals surface area contributed by atoms with Crippen LogP contribution >= 0.6 is 11.3 Å². The van der Waals surface area contributed by atoms with Crippen molar-refractivity contribution in [3.05, 3.63) is 200 Å². The van der Waals surface area contributed by atoms with Crippen molar-refractivity contribution in [2.45, 2.75) is 0 Å². The Labute approximate surface area is 333 Å². The molecule has 0 unspecified atom stereocenters. The van der Waals surface area contributed by atoms with Crippen LogP contribution < -0.4 is 4.90 Å². The van der Waals surface area contributed by atoms with E-state index in [2.05, 4.69) is 205 Å². The van der Waals surface area contributed by atoms with Crippen molar-refractivity contribution in [3.63, 3.8) is 0 Å². The molecule has 0 fully saturated rings. The van der Waals surface area contributed by atoms with E-state index < -0.39 is 0 Å². The summed E-state index contributed by atoms with van der Waals surface area (Å²) < 4.78 is 9.26. The molecular formula is C54H33NOS. The van der Waals surface area contributed by atoms with Crippen molar-refractivity contribution in [1.82, 2.24) is 0 Å². The second-order valence-corrected chi connectivity index (χ2v) is 15.9. The van der Waals surface area contributed by atoms with Crippen LogP contribution in [0, 0.1) is 0 Å². The van der Waals surface area contributed by atoms with Crippen LogP contribution in [0.2, 0.25) is 0 Å². The summed E-state index contributed by atoms with van der Waals surface area (Å²) in [4.78, 5) is 2.42. The molecule has 0 radical (unpaired) electrons. The van der Waals surface area contributed by atoms with E-state index in [-0.39, 0.29) is 0 Å². The number of rotatable bonds is 5. The van der Waals surface area contributed by atoms with E-state index >= 15 is 0 Å². The van der Waals surface area contributed by atoms with Crippen molar-refractivity contribution in [3.8, 4) is 22.3 Å². The van der Waals surface area contributed by atoms with E-state index in [1.807, 2.05) is 11.3 Å². The lowest BCUT2D eigenvalue weighted by atomic mass is 9.95. The van der Waals surface area contributed by atoms with Gasteiger partial charge in [-0.2, -0.15) is 0 Å². The van der Waals surface area contributed by atoms with Crippen molar-refractivity contribution in [1.29, 1.82) is 0 Å². The molecule has 0 aliphatic carbocycles. The van der Waals surface area contributed by atoms with Gasteiger partial charge in [-0.25, -0.2) is 0 Å². The van der Waals surface area contributed by atoms with E-state index in [1.54, 1.807) is 0 Å². The molecule has 0 saturated heterocycles. The predicted octanol–water partition coefficient (Wildman–Crippen LogP) is 16.2. The second-order valence-electron chi connectivity index (χ2n) is 14.8. The maximum atomic E-state index is 6.67. The summed E-state index contributed by atoms with van der Waals surface area (Å²) >= 11 is 1.85. The van der Waals surface area contributed by atoms with Gasteiger partial charge in [0.2, 0.25) is 0 Å². The fraction of sp³-hybridized carbons (Fsp3) is 0. The van der Waals surface area contributed by atoms with Crippen molar-refractivity contribution in [2.24, 2.45) is 0 Å². The first-order valence-electron chi connectivity index (χ1n) is 19.4. The summed E-state index contributed by atoms with van der Waals surface area (Å²) in [7, 11) is 0. The third kappa shape index (κ3) is 5.10. The van der Waals surface area contributed by atoms with E-state index in [0.717, 1.165) is 55.5 Å². The number of anilines is 3. The van der Waals surface area contributed by atoms with Gasteiger partial charge in [0.05, 0.1) is 5.69 Å². The van der Waals surface area contributed by atoms with Crippen molar-refractivity contribution in [2.75, 3.05) is 4.90 Å². The van der Waals surface area contributed by atoms with Crippen LogP contribution in [-0.4, -0.2) is 0 Å². The summed E-state index contributed by atoms with van der Waals surface area (Å²) in [5.41, 5.74) is 9.79. The number of fused-ring (bicyclic) bond motifs is 11. The van der Waals surface area contributed by atoms with Gasteiger partial charge in [-0.3, -0.25) is 0 Å². The molecule has 12 rings (SSSR count). The van der Waals surface area contributed by atoms with Gasteiger partial charge in [0, 0.05) is 53.3 Å². The smallest absolute Gasteiger partial charge is 0.143 e. The fourth-order valence-electron chi connectivity index (χ4n) is 8.95. The zero-order valence-corrected chi connectivity index (χ0v) is 31.6. The monoisotopic (exact) mass is 743 g/mol. The van der Waals surface area contributed by atoms with Crippen LogP contribution in [0.5, 0.6) is 0 Å². The van der Waals surface area contributed by atoms with Gasteiger partial charge >= 0.3 is 0 Å². The molecule has 0 atom stereocenters. The number of hydrogen-bond acceptors (Lipinski definition) is 3. The zero-order chi connectivity index (χ0) is 37.5. The topological polar surface area (TPSA) is 16.4 Å². The van der Waals surface area contributed by atoms with Crippen LogP contribution in [0.3, 0.4) is 0 Å². The molecular weight excluding hydrogens is 711 g/mol. The van der Waals surface area contributed by atoms with Gasteiger partial charge < -0.3 is 9.32 Å². The summed E-state index contributed by atoms with van der Waals surface area (Å²) in [6.45, 7) is 0. The van der Waals surface area contributed by atoms with Gasteiger partial charge in [-0.1, -0.05) is 140 Å². The van der Waals surface area contributed by atoms with Crippen LogP contribution in [0.25, 0.3) is 96.7 Å². The molecule has 0 saturated carbocycles. The number of para-hydroxylation sites is 1. The third-order valence-electron chi connectivity index (χ3n) is 11.6. The van der Waals surface area contributed by atoms with Crippen LogP contribution in [0.4, 0.5) is 17.1 Å². The van der Waals surface area contributed by atoms with Crippen LogP contribution in [0.15, 0.2) is 205 Å². The van der Waals surface area contributed by atoms with Crippen LogP contribution in [0.1, 0.15) is 0 Å². The van der Waals surface area contributed by atoms with Gasteiger partial charge in [-0.15, -0.1) is 11.3 Å². The molecule has 0 aliphatic heterocycles. The largest absolute Gasteiger partial charge is 0.455 e. The van der Waals surface area contributed by atoms with Gasteiger partial charge in [0.1, 0.15) is 11.2 Å². The molecule has 0 spiro atoms. The van der Waals surface area contributed by atoms with Crippen molar-refractivity contribution >= 4 is 103 Å². The number of furan rings is 1. The molecule has 0 aliphatic rings. The maximum Gasteiger partial charge on any atom is 0.143 e. The minimum atomic E-state index is 0.888. The first kappa shape index (κ1) is 32.1. The predicted molar refractivity (Wildman–Crippen MR) is 245 cm³/mol. The Morgan fingerprint density at radius 1 is 0.368 bits per heavy atom. The Balaban J connectivity index is 1.05. The maximum absolute atomic E-state index is 6.67. The van der Waals surface area contributed by atoms with Crippen LogP contribution in [-0.2, 0) is 0 Å². The molecule has 12 aromatic rings. The van der Waals surface area contributed by atoms with E-state index in [9.17, 15) is 0 Å². The lowest BCUT2D eigenvalue weighted by Crippen LogP contribution is -2.11. The highest BCUT2D eigenvalue weighted by atomic mass is 32.1. The Bertz CT molecular complexity index is 3540. The highest BCUT2D eigenvalue weighted by Crippen LogP contribution is 2.47. The molecule has 57 heavy (non-hydrogen) atoms. The van der Waals surface area contributed by atoms with Gasteiger partial charge in [0.15, 0.2) is 0 Å². The Morgan fingerprint density at radius 2 is 1.00 bits per heavy atom. The fourth-order valence-corrected chi connectivity index (χ4v) is 10.0. The lowest BCUT2D eigenvalue weighted by Gasteiger charge is -2.28. The summed E-state index contributed by atoms with van der Waals surface area (Å²) in [5.74, 6) is 0. The normalized spacial score (nSPS) is 11.9. The zero-order valence-electron chi connectivity index (χ0n) is 30.8.